The number of rotatable bonds is 8. The number of oxime groups is 1. The summed E-state index contributed by atoms with van der Waals surface area (Å²) in [6.07, 6.45) is 1.91. The zero-order chi connectivity index (χ0) is 19.6. The van der Waals surface area contributed by atoms with Crippen LogP contribution in [0.15, 0.2) is 65.8 Å². The molecule has 2 aromatic rings. The number of carbonyl (C=O) groups excluding carboxylic acids is 1. The van der Waals surface area contributed by atoms with E-state index in [1.165, 1.54) is 0 Å². The van der Waals surface area contributed by atoms with Crippen molar-refractivity contribution in [1.29, 1.82) is 0 Å². The summed E-state index contributed by atoms with van der Waals surface area (Å²) in [5, 5.41) is 4.43. The predicted molar refractivity (Wildman–Crippen MR) is 110 cm³/mol. The molecule has 28 heavy (non-hydrogen) atoms. The number of piperidine rings is 1. The number of carbonyl (C=O) groups is 1. The van der Waals surface area contributed by atoms with Crippen LogP contribution in [0.5, 0.6) is 0 Å². The van der Waals surface area contributed by atoms with E-state index in [1.807, 2.05) is 67.6 Å². The fourth-order valence-electron chi connectivity index (χ4n) is 3.46. The molecule has 0 radical (unpaired) electrons. The van der Waals surface area contributed by atoms with E-state index < -0.39 is 0 Å². The molecule has 1 aliphatic heterocycles. The van der Waals surface area contributed by atoms with Crippen LogP contribution in [0.25, 0.3) is 0 Å². The van der Waals surface area contributed by atoms with Gasteiger partial charge in [0.1, 0.15) is 12.3 Å². The first-order valence-electron chi connectivity index (χ1n) is 9.97. The maximum Gasteiger partial charge on any atom is 0.310 e. The summed E-state index contributed by atoms with van der Waals surface area (Å²) in [4.78, 5) is 19.9. The minimum Gasteiger partial charge on any atom is -0.466 e. The Hall–Kier alpha value is -2.66. The molecule has 0 aromatic heterocycles. The summed E-state index contributed by atoms with van der Waals surface area (Å²) < 4.78 is 5.17. The standard InChI is InChI=1S/C23H28N2O3/c1-2-27-23(26)21-14-9-15-25(18-21)16-17-28-24-22(19-10-5-3-6-11-19)20-12-7-4-8-13-20/h3-8,10-13,21H,2,9,14-18H2,1H3/t21-/m1/s1. The Morgan fingerprint density at radius 2 is 1.71 bits per heavy atom. The van der Waals surface area contributed by atoms with E-state index in [9.17, 15) is 4.79 Å². The van der Waals surface area contributed by atoms with Gasteiger partial charge in [0.25, 0.3) is 0 Å². The molecule has 2 aromatic carbocycles. The van der Waals surface area contributed by atoms with Gasteiger partial charge in [-0.15, -0.1) is 0 Å². The van der Waals surface area contributed by atoms with Gasteiger partial charge in [0, 0.05) is 24.2 Å². The Morgan fingerprint density at radius 3 is 2.32 bits per heavy atom. The average molecular weight is 380 g/mol. The van der Waals surface area contributed by atoms with E-state index in [-0.39, 0.29) is 11.9 Å². The molecule has 3 rings (SSSR count). The molecule has 0 N–H and O–H groups in total. The minimum atomic E-state index is -0.0819. The van der Waals surface area contributed by atoms with Crippen LogP contribution in [0.4, 0.5) is 0 Å². The van der Waals surface area contributed by atoms with Gasteiger partial charge in [-0.05, 0) is 26.3 Å². The van der Waals surface area contributed by atoms with Gasteiger partial charge >= 0.3 is 5.97 Å². The lowest BCUT2D eigenvalue weighted by molar-refractivity contribution is -0.150. The predicted octanol–water partition coefficient (Wildman–Crippen LogP) is 3.73. The molecule has 5 heteroatoms. The first-order valence-corrected chi connectivity index (χ1v) is 9.97. The lowest BCUT2D eigenvalue weighted by Crippen LogP contribution is -2.40. The Morgan fingerprint density at radius 1 is 1.07 bits per heavy atom. The molecule has 1 aliphatic rings. The second-order valence-corrected chi connectivity index (χ2v) is 6.90. The van der Waals surface area contributed by atoms with Crippen molar-refractivity contribution in [3.8, 4) is 0 Å². The van der Waals surface area contributed by atoms with Gasteiger partial charge in [-0.25, -0.2) is 0 Å². The van der Waals surface area contributed by atoms with Crippen LogP contribution in [0.3, 0.4) is 0 Å². The Labute approximate surface area is 166 Å². The molecule has 1 saturated heterocycles. The number of likely N-dealkylation sites (tertiary alicyclic amines) is 1. The van der Waals surface area contributed by atoms with Crippen LogP contribution in [0.2, 0.25) is 0 Å². The highest BCUT2D eigenvalue weighted by Gasteiger charge is 2.26. The summed E-state index contributed by atoms with van der Waals surface area (Å²) in [6.45, 7) is 5.23. The number of nitrogens with zero attached hydrogens (tertiary/aromatic N) is 2. The second-order valence-electron chi connectivity index (χ2n) is 6.90. The molecule has 1 heterocycles. The van der Waals surface area contributed by atoms with Crippen molar-refractivity contribution in [3.05, 3.63) is 71.8 Å². The lowest BCUT2D eigenvalue weighted by Gasteiger charge is -2.30. The van der Waals surface area contributed by atoms with Gasteiger partial charge in [-0.2, -0.15) is 0 Å². The molecule has 0 aliphatic carbocycles. The molecule has 0 spiro atoms. The highest BCUT2D eigenvalue weighted by Crippen LogP contribution is 2.18. The number of benzene rings is 2. The molecule has 0 amide bonds. The third-order valence-electron chi connectivity index (χ3n) is 4.87. The number of esters is 1. The molecule has 1 atom stereocenters. The van der Waals surface area contributed by atoms with Gasteiger partial charge in [0.2, 0.25) is 0 Å². The van der Waals surface area contributed by atoms with Crippen LogP contribution in [-0.4, -0.2) is 49.4 Å². The van der Waals surface area contributed by atoms with Gasteiger partial charge in [-0.1, -0.05) is 65.8 Å². The largest absolute Gasteiger partial charge is 0.466 e. The Balaban J connectivity index is 1.58. The molecule has 0 saturated carbocycles. The normalized spacial score (nSPS) is 17.0. The van der Waals surface area contributed by atoms with Crippen molar-refractivity contribution < 1.29 is 14.4 Å². The third-order valence-corrected chi connectivity index (χ3v) is 4.87. The van der Waals surface area contributed by atoms with Crippen LogP contribution in [0, 0.1) is 5.92 Å². The van der Waals surface area contributed by atoms with Crippen LogP contribution < -0.4 is 0 Å². The number of ether oxygens (including phenoxy) is 1. The van der Waals surface area contributed by atoms with Gasteiger partial charge in [0.15, 0.2) is 0 Å². The van der Waals surface area contributed by atoms with E-state index in [1.54, 1.807) is 0 Å². The molecular weight excluding hydrogens is 352 g/mol. The van der Waals surface area contributed by atoms with Crippen molar-refractivity contribution in [2.45, 2.75) is 19.8 Å². The Kier molecular flexibility index (Phi) is 7.62. The maximum atomic E-state index is 12.0. The van der Waals surface area contributed by atoms with Crippen LogP contribution in [0.1, 0.15) is 30.9 Å². The van der Waals surface area contributed by atoms with E-state index in [0.717, 1.165) is 49.3 Å². The van der Waals surface area contributed by atoms with Gasteiger partial charge in [0.05, 0.1) is 12.5 Å². The van der Waals surface area contributed by atoms with Crippen molar-refractivity contribution in [2.24, 2.45) is 11.1 Å². The molecule has 0 bridgehead atoms. The highest BCUT2D eigenvalue weighted by molar-refractivity contribution is 6.12. The maximum absolute atomic E-state index is 12.0. The molecule has 148 valence electrons. The van der Waals surface area contributed by atoms with E-state index in [2.05, 4.69) is 10.1 Å². The lowest BCUT2D eigenvalue weighted by atomic mass is 9.98. The van der Waals surface area contributed by atoms with Crippen molar-refractivity contribution in [2.75, 3.05) is 32.8 Å². The van der Waals surface area contributed by atoms with Gasteiger partial charge in [-0.3, -0.25) is 9.69 Å². The number of hydrogen-bond donors (Lipinski definition) is 0. The summed E-state index contributed by atoms with van der Waals surface area (Å²) in [5.41, 5.74) is 2.87. The van der Waals surface area contributed by atoms with Crippen molar-refractivity contribution in [3.63, 3.8) is 0 Å². The summed E-state index contributed by atoms with van der Waals surface area (Å²) in [7, 11) is 0. The monoisotopic (exact) mass is 380 g/mol. The molecule has 5 nitrogen and oxygen atoms in total. The SMILES string of the molecule is CCOC(=O)[C@@H]1CCCN(CCON=C(c2ccccc2)c2ccccc2)C1. The smallest absolute Gasteiger partial charge is 0.310 e. The topological polar surface area (TPSA) is 51.1 Å². The minimum absolute atomic E-state index is 0.0265. The summed E-state index contributed by atoms with van der Waals surface area (Å²) in [5.74, 6) is -0.108. The molecular formula is C23H28N2O3. The van der Waals surface area contributed by atoms with E-state index in [4.69, 9.17) is 9.57 Å². The van der Waals surface area contributed by atoms with Gasteiger partial charge < -0.3 is 9.57 Å². The first-order chi connectivity index (χ1) is 13.8. The highest BCUT2D eigenvalue weighted by atomic mass is 16.6. The fraction of sp³-hybridized carbons (Fsp3) is 0.391. The zero-order valence-corrected chi connectivity index (χ0v) is 16.4. The molecule has 0 unspecified atom stereocenters. The Bertz CT molecular complexity index is 720. The quantitative estimate of drug-likeness (QED) is 0.303. The summed E-state index contributed by atoms with van der Waals surface area (Å²) in [6, 6.07) is 20.1. The van der Waals surface area contributed by atoms with Crippen LogP contribution >= 0.6 is 0 Å². The van der Waals surface area contributed by atoms with E-state index in [0.29, 0.717) is 13.2 Å². The summed E-state index contributed by atoms with van der Waals surface area (Å²) >= 11 is 0. The van der Waals surface area contributed by atoms with Crippen molar-refractivity contribution in [1.82, 2.24) is 4.90 Å². The second kappa shape index (κ2) is 10.6. The average Bonchev–Trinajstić information content (AvgIpc) is 2.75. The van der Waals surface area contributed by atoms with Crippen molar-refractivity contribution >= 4 is 11.7 Å². The first kappa shape index (κ1) is 20.1. The third kappa shape index (κ3) is 5.67. The number of hydrogen-bond acceptors (Lipinski definition) is 5. The fourth-order valence-corrected chi connectivity index (χ4v) is 3.46. The molecule has 1 fully saturated rings. The van der Waals surface area contributed by atoms with Crippen LogP contribution in [-0.2, 0) is 14.4 Å². The van der Waals surface area contributed by atoms with E-state index >= 15 is 0 Å². The zero-order valence-electron chi connectivity index (χ0n) is 16.4.